The number of benzene rings is 2. The van der Waals surface area contributed by atoms with Gasteiger partial charge in [0.1, 0.15) is 0 Å². The SMILES string of the molecule is O=C([CH]c1ccccc1)NCc1ccccc1. The third kappa shape index (κ3) is 3.76. The lowest BCUT2D eigenvalue weighted by atomic mass is 10.1. The molecule has 0 saturated heterocycles. The van der Waals surface area contributed by atoms with E-state index in [2.05, 4.69) is 5.32 Å². The summed E-state index contributed by atoms with van der Waals surface area (Å²) in [5.74, 6) is -0.0694. The van der Waals surface area contributed by atoms with Gasteiger partial charge in [0, 0.05) is 6.54 Å². The molecule has 17 heavy (non-hydrogen) atoms. The molecular weight excluding hydrogens is 210 g/mol. The van der Waals surface area contributed by atoms with Crippen LogP contribution in [-0.4, -0.2) is 5.91 Å². The fourth-order valence-corrected chi connectivity index (χ4v) is 1.54. The van der Waals surface area contributed by atoms with Crippen LogP contribution < -0.4 is 5.32 Å². The van der Waals surface area contributed by atoms with E-state index in [0.29, 0.717) is 6.54 Å². The molecule has 2 aromatic carbocycles. The highest BCUT2D eigenvalue weighted by Crippen LogP contribution is 2.02. The predicted octanol–water partition coefficient (Wildman–Crippen LogP) is 2.56. The van der Waals surface area contributed by atoms with Crippen molar-refractivity contribution in [3.63, 3.8) is 0 Å². The number of nitrogens with one attached hydrogen (secondary N) is 1. The van der Waals surface area contributed by atoms with Crippen molar-refractivity contribution in [1.29, 1.82) is 0 Å². The Kier molecular flexibility index (Phi) is 3.92. The average Bonchev–Trinajstić information content (AvgIpc) is 2.39. The molecule has 2 heteroatoms. The molecule has 2 aromatic rings. The van der Waals surface area contributed by atoms with Crippen LogP contribution in [0.15, 0.2) is 60.7 Å². The van der Waals surface area contributed by atoms with Crippen molar-refractivity contribution >= 4 is 5.91 Å². The minimum Gasteiger partial charge on any atom is -0.351 e. The van der Waals surface area contributed by atoms with Gasteiger partial charge in [-0.05, 0) is 11.1 Å². The van der Waals surface area contributed by atoms with Crippen molar-refractivity contribution in [3.8, 4) is 0 Å². The molecule has 0 aliphatic heterocycles. The van der Waals surface area contributed by atoms with E-state index in [-0.39, 0.29) is 5.91 Å². The van der Waals surface area contributed by atoms with E-state index in [1.807, 2.05) is 60.7 Å². The molecule has 1 N–H and O–H groups in total. The van der Waals surface area contributed by atoms with Crippen LogP contribution in [0.25, 0.3) is 0 Å². The monoisotopic (exact) mass is 224 g/mol. The highest BCUT2D eigenvalue weighted by Gasteiger charge is 2.02. The molecule has 2 rings (SSSR count). The highest BCUT2D eigenvalue weighted by atomic mass is 16.1. The number of rotatable bonds is 4. The number of hydrogen-bond acceptors (Lipinski definition) is 1. The van der Waals surface area contributed by atoms with E-state index >= 15 is 0 Å². The maximum absolute atomic E-state index is 11.6. The first-order valence-corrected chi connectivity index (χ1v) is 5.56. The van der Waals surface area contributed by atoms with Gasteiger partial charge in [-0.2, -0.15) is 0 Å². The second-order valence-corrected chi connectivity index (χ2v) is 3.76. The quantitative estimate of drug-likeness (QED) is 0.849. The van der Waals surface area contributed by atoms with E-state index in [1.54, 1.807) is 6.42 Å². The first-order chi connectivity index (χ1) is 8.34. The maximum Gasteiger partial charge on any atom is 0.228 e. The van der Waals surface area contributed by atoms with Gasteiger partial charge in [0.2, 0.25) is 5.91 Å². The van der Waals surface area contributed by atoms with Gasteiger partial charge >= 0.3 is 0 Å². The molecule has 85 valence electrons. The highest BCUT2D eigenvalue weighted by molar-refractivity contribution is 5.88. The molecule has 1 radical (unpaired) electrons. The Morgan fingerprint density at radius 2 is 1.53 bits per heavy atom. The standard InChI is InChI=1S/C15H14NO/c17-15(11-13-7-3-1-4-8-13)16-12-14-9-5-2-6-10-14/h1-11H,12H2,(H,16,17). The second-order valence-electron chi connectivity index (χ2n) is 3.76. The molecule has 0 aliphatic carbocycles. The maximum atomic E-state index is 11.6. The molecule has 0 unspecified atom stereocenters. The van der Waals surface area contributed by atoms with Crippen molar-refractivity contribution in [3.05, 3.63) is 78.2 Å². The number of hydrogen-bond donors (Lipinski definition) is 1. The lowest BCUT2D eigenvalue weighted by molar-refractivity contribution is -0.117. The minimum atomic E-state index is -0.0694. The molecule has 0 saturated carbocycles. The summed E-state index contributed by atoms with van der Waals surface area (Å²) >= 11 is 0. The molecule has 0 atom stereocenters. The lowest BCUT2D eigenvalue weighted by Gasteiger charge is -2.04. The Bertz CT molecular complexity index is 465. The van der Waals surface area contributed by atoms with Gasteiger partial charge in [0.05, 0.1) is 6.42 Å². The van der Waals surface area contributed by atoms with Crippen LogP contribution in [0.4, 0.5) is 0 Å². The van der Waals surface area contributed by atoms with Gasteiger partial charge in [-0.3, -0.25) is 4.79 Å². The Morgan fingerprint density at radius 1 is 0.941 bits per heavy atom. The van der Waals surface area contributed by atoms with Crippen molar-refractivity contribution < 1.29 is 4.79 Å². The molecule has 0 fully saturated rings. The van der Waals surface area contributed by atoms with Gasteiger partial charge in [-0.15, -0.1) is 0 Å². The van der Waals surface area contributed by atoms with Crippen LogP contribution in [0.2, 0.25) is 0 Å². The molecule has 1 amide bonds. The van der Waals surface area contributed by atoms with E-state index in [1.165, 1.54) is 0 Å². The van der Waals surface area contributed by atoms with Crippen molar-refractivity contribution in [2.45, 2.75) is 6.54 Å². The molecule has 0 spiro atoms. The number of carbonyl (C=O) groups excluding carboxylic acids is 1. The third-order valence-corrected chi connectivity index (χ3v) is 2.41. The molecule has 2 nitrogen and oxygen atoms in total. The van der Waals surface area contributed by atoms with Gasteiger partial charge in [0.15, 0.2) is 0 Å². The number of amides is 1. The van der Waals surface area contributed by atoms with Crippen LogP contribution in [0, 0.1) is 6.42 Å². The summed E-state index contributed by atoms with van der Waals surface area (Å²) in [6.45, 7) is 0.559. The third-order valence-electron chi connectivity index (χ3n) is 2.41. The first-order valence-electron chi connectivity index (χ1n) is 5.56. The van der Waals surface area contributed by atoms with Crippen LogP contribution in [0.1, 0.15) is 11.1 Å². The van der Waals surface area contributed by atoms with E-state index in [9.17, 15) is 4.79 Å². The predicted molar refractivity (Wildman–Crippen MR) is 68.1 cm³/mol. The Balaban J connectivity index is 1.83. The zero-order chi connectivity index (χ0) is 11.9. The average molecular weight is 224 g/mol. The van der Waals surface area contributed by atoms with E-state index in [4.69, 9.17) is 0 Å². The smallest absolute Gasteiger partial charge is 0.228 e. The zero-order valence-electron chi connectivity index (χ0n) is 9.47. The molecule has 0 heterocycles. The molecular formula is C15H14NO. The Morgan fingerprint density at radius 3 is 2.18 bits per heavy atom. The summed E-state index contributed by atoms with van der Waals surface area (Å²) in [5, 5.41) is 2.85. The van der Waals surface area contributed by atoms with Crippen LogP contribution in [0.5, 0.6) is 0 Å². The summed E-state index contributed by atoms with van der Waals surface area (Å²) in [4.78, 5) is 11.6. The van der Waals surface area contributed by atoms with Crippen molar-refractivity contribution in [2.75, 3.05) is 0 Å². The van der Waals surface area contributed by atoms with Crippen molar-refractivity contribution in [1.82, 2.24) is 5.32 Å². The Labute approximate surface area is 101 Å². The normalized spacial score (nSPS) is 9.88. The largest absolute Gasteiger partial charge is 0.351 e. The second kappa shape index (κ2) is 5.85. The summed E-state index contributed by atoms with van der Waals surface area (Å²) < 4.78 is 0. The lowest BCUT2D eigenvalue weighted by Crippen LogP contribution is -2.23. The Hall–Kier alpha value is -2.09. The fraction of sp³-hybridized carbons (Fsp3) is 0.0667. The van der Waals surface area contributed by atoms with Crippen molar-refractivity contribution in [2.24, 2.45) is 0 Å². The van der Waals surface area contributed by atoms with E-state index in [0.717, 1.165) is 11.1 Å². The minimum absolute atomic E-state index is 0.0694. The first kappa shape index (κ1) is 11.4. The summed E-state index contributed by atoms with van der Waals surface area (Å²) in [6.07, 6.45) is 1.60. The van der Waals surface area contributed by atoms with Gasteiger partial charge in [0.25, 0.3) is 0 Å². The van der Waals surface area contributed by atoms with Crippen LogP contribution >= 0.6 is 0 Å². The van der Waals surface area contributed by atoms with E-state index < -0.39 is 0 Å². The van der Waals surface area contributed by atoms with Crippen LogP contribution in [0.3, 0.4) is 0 Å². The topological polar surface area (TPSA) is 29.1 Å². The fourth-order valence-electron chi connectivity index (χ4n) is 1.54. The summed E-state index contributed by atoms with van der Waals surface area (Å²) in [6, 6.07) is 19.4. The molecule has 0 aliphatic rings. The van der Waals surface area contributed by atoms with Crippen LogP contribution in [-0.2, 0) is 11.3 Å². The molecule has 0 bridgehead atoms. The summed E-state index contributed by atoms with van der Waals surface area (Å²) in [7, 11) is 0. The van der Waals surface area contributed by atoms with Gasteiger partial charge < -0.3 is 5.32 Å². The zero-order valence-corrected chi connectivity index (χ0v) is 9.47. The number of carbonyl (C=O) groups is 1. The molecule has 0 aromatic heterocycles. The van der Waals surface area contributed by atoms with Gasteiger partial charge in [-0.25, -0.2) is 0 Å². The van der Waals surface area contributed by atoms with Gasteiger partial charge in [-0.1, -0.05) is 60.7 Å². The summed E-state index contributed by atoms with van der Waals surface area (Å²) in [5.41, 5.74) is 2.01.